The quantitative estimate of drug-likeness (QED) is 0.624. The summed E-state index contributed by atoms with van der Waals surface area (Å²) in [7, 11) is 0. The highest BCUT2D eigenvalue weighted by Gasteiger charge is 2.67. The third-order valence-corrected chi connectivity index (χ3v) is 6.70. The zero-order valence-corrected chi connectivity index (χ0v) is 14.9. The fraction of sp³-hybridized carbons (Fsp3) is 0.524. The van der Waals surface area contributed by atoms with Crippen LogP contribution in [0, 0.1) is 49.9 Å². The molecule has 0 saturated heterocycles. The largest absolute Gasteiger partial charge is 0.278 e. The van der Waals surface area contributed by atoms with Crippen LogP contribution in [0.3, 0.4) is 0 Å². The van der Waals surface area contributed by atoms with E-state index in [9.17, 15) is 9.59 Å². The van der Waals surface area contributed by atoms with Gasteiger partial charge in [0.05, 0.1) is 5.69 Å². The molecule has 3 heteroatoms. The van der Waals surface area contributed by atoms with Gasteiger partial charge in [-0.1, -0.05) is 36.8 Å². The molecule has 4 rings (SSSR count). The zero-order chi connectivity index (χ0) is 17.2. The van der Waals surface area contributed by atoms with Crippen molar-refractivity contribution in [3.63, 3.8) is 0 Å². The van der Waals surface area contributed by atoms with Gasteiger partial charge in [0.1, 0.15) is 0 Å². The Bertz CT molecular complexity index is 736. The summed E-state index contributed by atoms with van der Waals surface area (Å²) in [4.78, 5) is 26.6. The van der Waals surface area contributed by atoms with E-state index in [0.717, 1.165) is 28.8 Å². The third-order valence-electron chi connectivity index (χ3n) is 6.70. The molecule has 24 heavy (non-hydrogen) atoms. The highest BCUT2D eigenvalue weighted by atomic mass is 16.2. The highest BCUT2D eigenvalue weighted by Crippen LogP contribution is 2.72. The molecule has 1 aromatic rings. The smallest absolute Gasteiger partial charge is 0.237 e. The van der Waals surface area contributed by atoms with Crippen LogP contribution in [0.25, 0.3) is 0 Å². The molecule has 1 spiro atoms. The maximum absolute atomic E-state index is 13.3. The summed E-state index contributed by atoms with van der Waals surface area (Å²) < 4.78 is 0. The number of benzene rings is 1. The van der Waals surface area contributed by atoms with Crippen LogP contribution in [0.4, 0.5) is 5.69 Å². The lowest BCUT2D eigenvalue weighted by atomic mass is 9.83. The molecule has 0 radical (unpaired) electrons. The van der Waals surface area contributed by atoms with Gasteiger partial charge in [-0.25, -0.2) is 0 Å². The zero-order valence-electron chi connectivity index (χ0n) is 14.9. The van der Waals surface area contributed by atoms with E-state index < -0.39 is 0 Å². The maximum Gasteiger partial charge on any atom is 0.237 e. The van der Waals surface area contributed by atoms with Crippen LogP contribution < -0.4 is 4.90 Å². The van der Waals surface area contributed by atoms with E-state index in [1.165, 1.54) is 17.7 Å². The Morgan fingerprint density at radius 2 is 1.71 bits per heavy atom. The standard InChI is InChI=1S/C21H25NO2/c1-12-9-13(2)19(14(3)10-12)22(11-23)20(24)18-15(4)16-5-6-17(18)21(16)7-8-21/h5-6,9-11,15-18H,7-8H2,1-4H3/t15-,16-,17-,18+/m0/s1. The molecule has 4 atom stereocenters. The molecular formula is C21H25NO2. The summed E-state index contributed by atoms with van der Waals surface area (Å²) in [6, 6.07) is 4.08. The first-order valence-electron chi connectivity index (χ1n) is 8.95. The topological polar surface area (TPSA) is 37.4 Å². The van der Waals surface area contributed by atoms with Crippen LogP contribution in [-0.2, 0) is 9.59 Å². The van der Waals surface area contributed by atoms with Crippen LogP contribution in [-0.4, -0.2) is 12.3 Å². The second-order valence-electron chi connectivity index (χ2n) is 8.12. The number of allylic oxidation sites excluding steroid dienone is 2. The number of hydrogen-bond acceptors (Lipinski definition) is 2. The SMILES string of the molecule is Cc1cc(C)c(N(C=O)C(=O)[C@@H]2[C@@H](C)[C@@H]3C=C[C@@H]2C32CC2)c(C)c1. The van der Waals surface area contributed by atoms with Gasteiger partial charge in [-0.15, -0.1) is 0 Å². The first-order chi connectivity index (χ1) is 11.4. The van der Waals surface area contributed by atoms with Crippen LogP contribution in [0.1, 0.15) is 36.5 Å². The van der Waals surface area contributed by atoms with Gasteiger partial charge in [-0.3, -0.25) is 14.5 Å². The number of nitrogens with zero attached hydrogens (tertiary/aromatic N) is 1. The molecular weight excluding hydrogens is 298 g/mol. The van der Waals surface area contributed by atoms with Crippen LogP contribution in [0.15, 0.2) is 24.3 Å². The lowest BCUT2D eigenvalue weighted by molar-refractivity contribution is -0.126. The predicted molar refractivity (Wildman–Crippen MR) is 94.6 cm³/mol. The Balaban J connectivity index is 1.71. The minimum Gasteiger partial charge on any atom is -0.278 e. The lowest BCUT2D eigenvalue weighted by Crippen LogP contribution is -2.40. The number of aryl methyl sites for hydroxylation is 3. The second-order valence-corrected chi connectivity index (χ2v) is 8.12. The normalized spacial score (nSPS) is 31.5. The van der Waals surface area contributed by atoms with Crippen LogP contribution in [0.5, 0.6) is 0 Å². The molecule has 2 fully saturated rings. The maximum atomic E-state index is 13.3. The Kier molecular flexibility index (Phi) is 3.28. The van der Waals surface area contributed by atoms with Gasteiger partial charge < -0.3 is 0 Å². The van der Waals surface area contributed by atoms with Crippen molar-refractivity contribution in [1.82, 2.24) is 0 Å². The summed E-state index contributed by atoms with van der Waals surface area (Å²) in [5, 5.41) is 0. The van der Waals surface area contributed by atoms with E-state index in [1.807, 2.05) is 32.9 Å². The highest BCUT2D eigenvalue weighted by molar-refractivity contribution is 6.09. The van der Waals surface area contributed by atoms with E-state index >= 15 is 0 Å². The van der Waals surface area contributed by atoms with Crippen molar-refractivity contribution in [3.8, 4) is 0 Å². The second kappa shape index (κ2) is 5.05. The Morgan fingerprint density at radius 1 is 1.12 bits per heavy atom. The Hall–Kier alpha value is -1.90. The van der Waals surface area contributed by atoms with Gasteiger partial charge in [-0.2, -0.15) is 0 Å². The number of amides is 2. The molecule has 0 N–H and O–H groups in total. The molecule has 3 nitrogen and oxygen atoms in total. The molecule has 0 aliphatic heterocycles. The molecule has 3 aliphatic carbocycles. The number of imide groups is 1. The predicted octanol–water partition coefficient (Wildman–Crippen LogP) is 3.95. The number of hydrogen-bond donors (Lipinski definition) is 0. The van der Waals surface area contributed by atoms with Gasteiger partial charge in [0, 0.05) is 5.92 Å². The molecule has 0 unspecified atom stereocenters. The van der Waals surface area contributed by atoms with E-state index in [-0.39, 0.29) is 11.8 Å². The van der Waals surface area contributed by atoms with Crippen LogP contribution >= 0.6 is 0 Å². The number of carbonyl (C=O) groups excluding carboxylic acids is 2. The third kappa shape index (κ3) is 1.90. The van der Waals surface area contributed by atoms with E-state index in [1.54, 1.807) is 0 Å². The minimum atomic E-state index is -0.0622. The molecule has 2 saturated carbocycles. The van der Waals surface area contributed by atoms with E-state index in [4.69, 9.17) is 0 Å². The van der Waals surface area contributed by atoms with E-state index in [0.29, 0.717) is 23.2 Å². The van der Waals surface area contributed by atoms with Gasteiger partial charge >= 0.3 is 0 Å². The van der Waals surface area contributed by atoms with Crippen molar-refractivity contribution in [3.05, 3.63) is 41.0 Å². The fourth-order valence-electron chi connectivity index (χ4n) is 5.69. The summed E-state index contributed by atoms with van der Waals surface area (Å²) >= 11 is 0. The summed E-state index contributed by atoms with van der Waals surface area (Å²) in [6.45, 7) is 8.18. The fourth-order valence-corrected chi connectivity index (χ4v) is 5.69. The summed E-state index contributed by atoms with van der Waals surface area (Å²) in [5.74, 6) is 1.08. The number of anilines is 1. The van der Waals surface area contributed by atoms with Gasteiger partial charge in [0.25, 0.3) is 0 Å². The number of rotatable bonds is 3. The van der Waals surface area contributed by atoms with Crippen molar-refractivity contribution in [1.29, 1.82) is 0 Å². The average molecular weight is 323 g/mol. The Morgan fingerprint density at radius 3 is 2.21 bits per heavy atom. The molecule has 3 aliphatic rings. The minimum absolute atomic E-state index is 0.0179. The van der Waals surface area contributed by atoms with Gasteiger partial charge in [0.15, 0.2) is 0 Å². The molecule has 2 amide bonds. The molecule has 126 valence electrons. The van der Waals surface area contributed by atoms with Gasteiger partial charge in [0.2, 0.25) is 12.3 Å². The van der Waals surface area contributed by atoms with Crippen molar-refractivity contribution >= 4 is 18.0 Å². The number of carbonyl (C=O) groups is 2. The van der Waals surface area contributed by atoms with E-state index in [2.05, 4.69) is 19.1 Å². The molecule has 0 aromatic heterocycles. The lowest BCUT2D eigenvalue weighted by Gasteiger charge is -2.29. The van der Waals surface area contributed by atoms with Gasteiger partial charge in [-0.05, 0) is 67.9 Å². The van der Waals surface area contributed by atoms with Crippen molar-refractivity contribution in [2.75, 3.05) is 4.90 Å². The first kappa shape index (κ1) is 15.6. The molecule has 2 bridgehead atoms. The first-order valence-corrected chi connectivity index (χ1v) is 8.95. The summed E-state index contributed by atoms with van der Waals surface area (Å²) in [6.07, 6.45) is 7.74. The average Bonchev–Trinajstić information content (AvgIpc) is 3.17. The van der Waals surface area contributed by atoms with Crippen LogP contribution in [0.2, 0.25) is 0 Å². The Labute approximate surface area is 143 Å². The summed E-state index contributed by atoms with van der Waals surface area (Å²) in [5.41, 5.74) is 4.23. The van der Waals surface area contributed by atoms with Crippen molar-refractivity contribution < 1.29 is 9.59 Å². The molecule has 1 aromatic carbocycles. The molecule has 0 heterocycles. The van der Waals surface area contributed by atoms with Crippen molar-refractivity contribution in [2.45, 2.75) is 40.5 Å². The monoisotopic (exact) mass is 323 g/mol. The van der Waals surface area contributed by atoms with Crippen molar-refractivity contribution in [2.24, 2.45) is 29.1 Å².